The number of hydrogen-bond acceptors (Lipinski definition) is 3. The minimum Gasteiger partial charge on any atom is -0.465 e. The lowest BCUT2D eigenvalue weighted by Gasteiger charge is -2.05. The van der Waals surface area contributed by atoms with Crippen molar-refractivity contribution in [3.8, 4) is 0 Å². The molecule has 0 aliphatic heterocycles. The third kappa shape index (κ3) is 2.69. The van der Waals surface area contributed by atoms with Gasteiger partial charge in [-0.25, -0.2) is 4.79 Å². The predicted octanol–water partition coefficient (Wildman–Crippen LogP) is 3.63. The molecule has 0 fully saturated rings. The van der Waals surface area contributed by atoms with E-state index < -0.39 is 0 Å². The lowest BCUT2D eigenvalue weighted by molar-refractivity contribution is 0.0600. The summed E-state index contributed by atoms with van der Waals surface area (Å²) < 4.78 is 7.85. The first-order valence-electron chi connectivity index (χ1n) is 6.45. The van der Waals surface area contributed by atoms with Gasteiger partial charge in [0, 0.05) is 27.8 Å². The number of carbonyl (C=O) groups is 1. The van der Waals surface area contributed by atoms with Gasteiger partial charge in [0.25, 0.3) is 0 Å². The van der Waals surface area contributed by atoms with Gasteiger partial charge in [-0.1, -0.05) is 18.2 Å². The van der Waals surface area contributed by atoms with Crippen LogP contribution in [0.2, 0.25) is 0 Å². The van der Waals surface area contributed by atoms with E-state index in [9.17, 15) is 4.79 Å². The fraction of sp³-hybridized carbons (Fsp3) is 0.125. The van der Waals surface area contributed by atoms with Crippen LogP contribution in [0.25, 0.3) is 10.9 Å². The van der Waals surface area contributed by atoms with Gasteiger partial charge in [-0.15, -0.1) is 0 Å². The fourth-order valence-electron chi connectivity index (χ4n) is 2.26. The van der Waals surface area contributed by atoms with Gasteiger partial charge in [0.15, 0.2) is 0 Å². The van der Waals surface area contributed by atoms with Gasteiger partial charge in [0.2, 0.25) is 0 Å². The van der Waals surface area contributed by atoms with Gasteiger partial charge in [0.1, 0.15) is 0 Å². The van der Waals surface area contributed by atoms with Crippen molar-refractivity contribution in [1.82, 2.24) is 9.55 Å². The Morgan fingerprint density at radius 1 is 1.29 bits per heavy atom. The highest BCUT2D eigenvalue weighted by Gasteiger charge is 2.08. The first-order chi connectivity index (χ1) is 10.2. The van der Waals surface area contributed by atoms with Crippen LogP contribution < -0.4 is 0 Å². The van der Waals surface area contributed by atoms with Crippen molar-refractivity contribution >= 4 is 32.8 Å². The van der Waals surface area contributed by atoms with Crippen LogP contribution in [-0.4, -0.2) is 22.6 Å². The Kier molecular flexibility index (Phi) is 3.75. The second kappa shape index (κ2) is 5.69. The third-order valence-corrected chi connectivity index (χ3v) is 3.95. The fourth-order valence-corrected chi connectivity index (χ4v) is 2.85. The zero-order valence-electron chi connectivity index (χ0n) is 11.4. The molecule has 21 heavy (non-hydrogen) atoms. The van der Waals surface area contributed by atoms with Crippen LogP contribution in [0.1, 0.15) is 16.1 Å². The minimum absolute atomic E-state index is 0.372. The van der Waals surface area contributed by atoms with E-state index in [4.69, 9.17) is 0 Å². The molecule has 4 nitrogen and oxygen atoms in total. The van der Waals surface area contributed by atoms with E-state index in [-0.39, 0.29) is 5.97 Å². The van der Waals surface area contributed by atoms with Crippen LogP contribution >= 0.6 is 15.9 Å². The summed E-state index contributed by atoms with van der Waals surface area (Å²) in [6.45, 7) is 0.646. The number of para-hydroxylation sites is 1. The predicted molar refractivity (Wildman–Crippen MR) is 84.3 cm³/mol. The Labute approximate surface area is 130 Å². The van der Waals surface area contributed by atoms with Crippen molar-refractivity contribution in [2.75, 3.05) is 7.11 Å². The van der Waals surface area contributed by atoms with E-state index in [1.807, 2.05) is 24.4 Å². The maximum Gasteiger partial charge on any atom is 0.339 e. The normalized spacial score (nSPS) is 10.8. The van der Waals surface area contributed by atoms with Crippen LogP contribution in [0.15, 0.2) is 53.3 Å². The Morgan fingerprint density at radius 2 is 2.10 bits per heavy atom. The molecular formula is C16H13BrN2O2. The summed E-state index contributed by atoms with van der Waals surface area (Å²) in [5, 5.41) is 1.17. The standard InChI is InChI=1S/C16H13BrN2O2/c1-21-16(20)11-6-7-12(18-8-11)9-19-10-14(17)13-4-2-3-5-15(13)19/h2-8,10H,9H2,1H3. The smallest absolute Gasteiger partial charge is 0.339 e. The van der Waals surface area contributed by atoms with E-state index in [0.717, 1.165) is 15.7 Å². The number of rotatable bonds is 3. The number of hydrogen-bond donors (Lipinski definition) is 0. The lowest BCUT2D eigenvalue weighted by Crippen LogP contribution is -2.04. The van der Waals surface area contributed by atoms with Gasteiger partial charge in [-0.3, -0.25) is 4.98 Å². The average Bonchev–Trinajstić information content (AvgIpc) is 2.84. The van der Waals surface area contributed by atoms with Crippen LogP contribution in [0.4, 0.5) is 0 Å². The molecule has 0 saturated carbocycles. The van der Waals surface area contributed by atoms with Gasteiger partial charge in [0.05, 0.1) is 24.9 Å². The molecule has 0 radical (unpaired) electrons. The Morgan fingerprint density at radius 3 is 2.81 bits per heavy atom. The molecule has 5 heteroatoms. The number of esters is 1. The summed E-state index contributed by atoms with van der Waals surface area (Å²) in [6, 6.07) is 11.7. The van der Waals surface area contributed by atoms with E-state index in [1.165, 1.54) is 12.5 Å². The Hall–Kier alpha value is -2.14. The number of carbonyl (C=O) groups excluding carboxylic acids is 1. The van der Waals surface area contributed by atoms with Gasteiger partial charge < -0.3 is 9.30 Å². The molecule has 0 spiro atoms. The van der Waals surface area contributed by atoms with Crippen LogP contribution in [0.5, 0.6) is 0 Å². The molecular weight excluding hydrogens is 332 g/mol. The van der Waals surface area contributed by atoms with Gasteiger partial charge >= 0.3 is 5.97 Å². The van der Waals surface area contributed by atoms with Crippen molar-refractivity contribution in [3.05, 3.63) is 64.5 Å². The minimum atomic E-state index is -0.372. The number of fused-ring (bicyclic) bond motifs is 1. The van der Waals surface area contributed by atoms with Gasteiger partial charge in [-0.2, -0.15) is 0 Å². The highest BCUT2D eigenvalue weighted by Crippen LogP contribution is 2.26. The SMILES string of the molecule is COC(=O)c1ccc(Cn2cc(Br)c3ccccc32)nc1. The molecule has 1 aromatic carbocycles. The summed E-state index contributed by atoms with van der Waals surface area (Å²) >= 11 is 3.57. The molecule has 106 valence electrons. The monoisotopic (exact) mass is 344 g/mol. The largest absolute Gasteiger partial charge is 0.465 e. The van der Waals surface area contributed by atoms with Gasteiger partial charge in [-0.05, 0) is 34.1 Å². The summed E-state index contributed by atoms with van der Waals surface area (Å²) in [5.41, 5.74) is 2.49. The maximum atomic E-state index is 11.4. The van der Waals surface area contributed by atoms with Crippen molar-refractivity contribution in [2.24, 2.45) is 0 Å². The number of methoxy groups -OCH3 is 1. The lowest BCUT2D eigenvalue weighted by atomic mass is 10.2. The molecule has 3 rings (SSSR count). The van der Waals surface area contributed by atoms with Crippen LogP contribution in [0, 0.1) is 0 Å². The number of benzene rings is 1. The number of halogens is 1. The molecule has 0 unspecified atom stereocenters. The van der Waals surface area contributed by atoms with E-state index in [2.05, 4.69) is 42.4 Å². The van der Waals surface area contributed by atoms with Crippen molar-refractivity contribution < 1.29 is 9.53 Å². The molecule has 0 amide bonds. The summed E-state index contributed by atoms with van der Waals surface area (Å²) in [7, 11) is 1.36. The summed E-state index contributed by atoms with van der Waals surface area (Å²) in [5.74, 6) is -0.372. The quantitative estimate of drug-likeness (QED) is 0.681. The maximum absolute atomic E-state index is 11.4. The highest BCUT2D eigenvalue weighted by molar-refractivity contribution is 9.10. The third-order valence-electron chi connectivity index (χ3n) is 3.32. The van der Waals surface area contributed by atoms with Crippen molar-refractivity contribution in [2.45, 2.75) is 6.54 Å². The molecule has 0 atom stereocenters. The average molecular weight is 345 g/mol. The Balaban J connectivity index is 1.90. The molecule has 2 heterocycles. The van der Waals surface area contributed by atoms with Crippen LogP contribution in [0.3, 0.4) is 0 Å². The second-order valence-electron chi connectivity index (χ2n) is 4.65. The first kappa shape index (κ1) is 13.8. The molecule has 0 saturated heterocycles. The zero-order chi connectivity index (χ0) is 14.8. The molecule has 0 aliphatic rings. The molecule has 2 aromatic heterocycles. The second-order valence-corrected chi connectivity index (χ2v) is 5.51. The molecule has 0 aliphatic carbocycles. The molecule has 0 bridgehead atoms. The van der Waals surface area contributed by atoms with E-state index >= 15 is 0 Å². The van der Waals surface area contributed by atoms with E-state index in [1.54, 1.807) is 12.3 Å². The molecule has 3 aromatic rings. The topological polar surface area (TPSA) is 44.1 Å². The number of pyridine rings is 1. The number of ether oxygens (including phenoxy) is 1. The first-order valence-corrected chi connectivity index (χ1v) is 7.25. The van der Waals surface area contributed by atoms with Crippen LogP contribution in [-0.2, 0) is 11.3 Å². The summed E-state index contributed by atoms with van der Waals surface area (Å²) in [6.07, 6.45) is 3.59. The van der Waals surface area contributed by atoms with Crippen molar-refractivity contribution in [3.63, 3.8) is 0 Å². The van der Waals surface area contributed by atoms with E-state index in [0.29, 0.717) is 12.1 Å². The molecule has 0 N–H and O–H groups in total. The highest BCUT2D eigenvalue weighted by atomic mass is 79.9. The van der Waals surface area contributed by atoms with Crippen molar-refractivity contribution in [1.29, 1.82) is 0 Å². The summed E-state index contributed by atoms with van der Waals surface area (Å²) in [4.78, 5) is 15.7. The number of aromatic nitrogens is 2. The zero-order valence-corrected chi connectivity index (χ0v) is 13.0. The Bertz CT molecular complexity index is 794. The number of nitrogens with zero attached hydrogens (tertiary/aromatic N) is 2.